The molecule has 0 spiro atoms. The Labute approximate surface area is 117 Å². The summed E-state index contributed by atoms with van der Waals surface area (Å²) in [6.45, 7) is 5.26. The van der Waals surface area contributed by atoms with Crippen molar-refractivity contribution in [2.24, 2.45) is 0 Å². The first-order valence-electron chi connectivity index (χ1n) is 6.60. The molecule has 3 N–H and O–H groups in total. The zero-order valence-corrected chi connectivity index (χ0v) is 12.0. The van der Waals surface area contributed by atoms with Crippen molar-refractivity contribution in [2.45, 2.75) is 40.0 Å². The van der Waals surface area contributed by atoms with E-state index < -0.39 is 5.97 Å². The Morgan fingerprint density at radius 2 is 1.95 bits per heavy atom. The minimum atomic E-state index is -0.967. The highest BCUT2D eigenvalue weighted by atomic mass is 16.4. The van der Waals surface area contributed by atoms with Gasteiger partial charge in [0.05, 0.1) is 6.42 Å². The number of aromatic amines is 1. The summed E-state index contributed by atoms with van der Waals surface area (Å²) in [5.74, 6) is -1.41. The molecule has 0 aromatic carbocycles. The minimum absolute atomic E-state index is 0.0627. The normalized spacial score (nSPS) is 10.3. The number of aryl methyl sites for hydroxylation is 1. The van der Waals surface area contributed by atoms with Crippen molar-refractivity contribution < 1.29 is 19.5 Å². The Hall–Kier alpha value is -2.11. The summed E-state index contributed by atoms with van der Waals surface area (Å²) in [6.07, 6.45) is 1.31. The first kappa shape index (κ1) is 15.9. The van der Waals surface area contributed by atoms with Crippen LogP contribution in [0.2, 0.25) is 0 Å². The number of carboxylic acids is 1. The average molecular weight is 280 g/mol. The molecule has 0 aliphatic heterocycles. The fourth-order valence-corrected chi connectivity index (χ4v) is 2.22. The maximum atomic E-state index is 12.1. The molecule has 0 aliphatic carbocycles. The Balaban J connectivity index is 2.99. The van der Waals surface area contributed by atoms with Crippen LogP contribution in [0, 0.1) is 6.92 Å². The number of H-pyrrole nitrogens is 1. The number of aliphatic carboxylic acids is 1. The van der Waals surface area contributed by atoms with E-state index in [9.17, 15) is 14.4 Å². The van der Waals surface area contributed by atoms with Crippen LogP contribution in [0.1, 0.15) is 58.8 Å². The number of rotatable bonds is 7. The van der Waals surface area contributed by atoms with Crippen molar-refractivity contribution in [3.8, 4) is 0 Å². The van der Waals surface area contributed by atoms with E-state index in [-0.39, 0.29) is 24.7 Å². The summed E-state index contributed by atoms with van der Waals surface area (Å²) in [4.78, 5) is 37.1. The van der Waals surface area contributed by atoms with Crippen molar-refractivity contribution in [1.82, 2.24) is 10.3 Å². The number of nitrogens with one attached hydrogen (secondary N) is 2. The van der Waals surface area contributed by atoms with Crippen LogP contribution in [-0.2, 0) is 11.2 Å². The summed E-state index contributed by atoms with van der Waals surface area (Å²) in [5, 5.41) is 11.1. The molecule has 1 aromatic heterocycles. The van der Waals surface area contributed by atoms with Gasteiger partial charge in [0.15, 0.2) is 5.78 Å². The van der Waals surface area contributed by atoms with Crippen molar-refractivity contribution in [3.63, 3.8) is 0 Å². The van der Waals surface area contributed by atoms with E-state index in [4.69, 9.17) is 5.11 Å². The minimum Gasteiger partial charge on any atom is -0.481 e. The standard InChI is InChI=1S/C14H20N2O4/c1-4-5-10-12(9(3)17)8(2)16-13(10)14(20)15-7-6-11(18)19/h16H,4-7H2,1-3H3,(H,15,20)(H,18,19). The molecule has 0 aliphatic rings. The van der Waals surface area contributed by atoms with Gasteiger partial charge in [0.1, 0.15) is 5.69 Å². The number of carboxylic acid groups (broad SMARTS) is 1. The van der Waals surface area contributed by atoms with Gasteiger partial charge < -0.3 is 15.4 Å². The smallest absolute Gasteiger partial charge is 0.305 e. The van der Waals surface area contributed by atoms with Crippen molar-refractivity contribution in [3.05, 3.63) is 22.5 Å². The van der Waals surface area contributed by atoms with Gasteiger partial charge in [0, 0.05) is 17.8 Å². The van der Waals surface area contributed by atoms with Gasteiger partial charge in [-0.1, -0.05) is 13.3 Å². The molecule has 1 amide bonds. The summed E-state index contributed by atoms with van der Waals surface area (Å²) in [6, 6.07) is 0. The van der Waals surface area contributed by atoms with E-state index in [1.807, 2.05) is 6.92 Å². The Bertz CT molecular complexity index is 532. The second-order valence-electron chi connectivity index (χ2n) is 4.68. The first-order chi connectivity index (χ1) is 9.38. The van der Waals surface area contributed by atoms with Crippen LogP contribution in [0.5, 0.6) is 0 Å². The number of carbonyl (C=O) groups is 3. The van der Waals surface area contributed by atoms with Gasteiger partial charge in [0.25, 0.3) is 5.91 Å². The highest BCUT2D eigenvalue weighted by molar-refractivity contribution is 6.02. The molecule has 1 heterocycles. The highest BCUT2D eigenvalue weighted by Gasteiger charge is 2.21. The van der Waals surface area contributed by atoms with Crippen molar-refractivity contribution in [1.29, 1.82) is 0 Å². The van der Waals surface area contributed by atoms with Crippen LogP contribution in [0.25, 0.3) is 0 Å². The lowest BCUT2D eigenvalue weighted by molar-refractivity contribution is -0.136. The lowest BCUT2D eigenvalue weighted by atomic mass is 10.0. The predicted octanol–water partition coefficient (Wildman–Crippen LogP) is 1.68. The summed E-state index contributed by atoms with van der Waals surface area (Å²) in [5.41, 5.74) is 2.31. The fourth-order valence-electron chi connectivity index (χ4n) is 2.22. The molecule has 0 unspecified atom stereocenters. The van der Waals surface area contributed by atoms with Crippen LogP contribution in [0.3, 0.4) is 0 Å². The second-order valence-corrected chi connectivity index (χ2v) is 4.68. The number of Topliss-reactive ketones (excluding diaryl/α,β-unsaturated/α-hetero) is 1. The van der Waals surface area contributed by atoms with Gasteiger partial charge in [0.2, 0.25) is 0 Å². The van der Waals surface area contributed by atoms with Crippen LogP contribution >= 0.6 is 0 Å². The molecule has 0 radical (unpaired) electrons. The molecule has 0 saturated carbocycles. The molecular formula is C14H20N2O4. The monoisotopic (exact) mass is 280 g/mol. The molecular weight excluding hydrogens is 260 g/mol. The molecule has 1 rings (SSSR count). The van der Waals surface area contributed by atoms with Gasteiger partial charge in [-0.3, -0.25) is 14.4 Å². The lowest BCUT2D eigenvalue weighted by Crippen LogP contribution is -2.27. The van der Waals surface area contributed by atoms with Gasteiger partial charge in [-0.05, 0) is 25.8 Å². The molecule has 20 heavy (non-hydrogen) atoms. The molecule has 0 bridgehead atoms. The zero-order chi connectivity index (χ0) is 15.3. The number of hydrogen-bond donors (Lipinski definition) is 3. The number of aromatic nitrogens is 1. The highest BCUT2D eigenvalue weighted by Crippen LogP contribution is 2.21. The fraction of sp³-hybridized carbons (Fsp3) is 0.500. The summed E-state index contributed by atoms with van der Waals surface area (Å²) >= 11 is 0. The van der Waals surface area contributed by atoms with E-state index in [1.165, 1.54) is 6.92 Å². The van der Waals surface area contributed by atoms with E-state index in [0.717, 1.165) is 6.42 Å². The zero-order valence-electron chi connectivity index (χ0n) is 12.0. The number of amides is 1. The van der Waals surface area contributed by atoms with Crippen LogP contribution in [-0.4, -0.2) is 34.3 Å². The molecule has 0 saturated heterocycles. The molecule has 6 heteroatoms. The van der Waals surface area contributed by atoms with Crippen molar-refractivity contribution in [2.75, 3.05) is 6.54 Å². The van der Waals surface area contributed by atoms with Crippen LogP contribution in [0.15, 0.2) is 0 Å². The van der Waals surface area contributed by atoms with Gasteiger partial charge in [-0.25, -0.2) is 0 Å². The van der Waals surface area contributed by atoms with Gasteiger partial charge in [-0.2, -0.15) is 0 Å². The van der Waals surface area contributed by atoms with Gasteiger partial charge in [-0.15, -0.1) is 0 Å². The molecule has 6 nitrogen and oxygen atoms in total. The van der Waals surface area contributed by atoms with E-state index in [2.05, 4.69) is 10.3 Å². The molecule has 110 valence electrons. The third-order valence-corrected chi connectivity index (χ3v) is 2.99. The molecule has 0 atom stereocenters. The average Bonchev–Trinajstić information content (AvgIpc) is 2.66. The predicted molar refractivity (Wildman–Crippen MR) is 74.1 cm³/mol. The topological polar surface area (TPSA) is 99.3 Å². The van der Waals surface area contributed by atoms with Crippen molar-refractivity contribution >= 4 is 17.7 Å². The first-order valence-corrected chi connectivity index (χ1v) is 6.60. The number of hydrogen-bond acceptors (Lipinski definition) is 3. The third-order valence-electron chi connectivity index (χ3n) is 2.99. The second kappa shape index (κ2) is 6.88. The number of ketones is 1. The largest absolute Gasteiger partial charge is 0.481 e. The third kappa shape index (κ3) is 3.69. The number of carbonyl (C=O) groups excluding carboxylic acids is 2. The maximum absolute atomic E-state index is 12.1. The maximum Gasteiger partial charge on any atom is 0.305 e. The van der Waals surface area contributed by atoms with Crippen LogP contribution in [0.4, 0.5) is 0 Å². The van der Waals surface area contributed by atoms with E-state index >= 15 is 0 Å². The molecule has 0 fully saturated rings. The Morgan fingerprint density at radius 1 is 1.30 bits per heavy atom. The summed E-state index contributed by atoms with van der Waals surface area (Å²) < 4.78 is 0. The van der Waals surface area contributed by atoms with Gasteiger partial charge >= 0.3 is 5.97 Å². The lowest BCUT2D eigenvalue weighted by Gasteiger charge is -2.05. The Morgan fingerprint density at radius 3 is 2.45 bits per heavy atom. The summed E-state index contributed by atoms with van der Waals surface area (Å²) in [7, 11) is 0. The van der Waals surface area contributed by atoms with E-state index in [0.29, 0.717) is 28.9 Å². The SMILES string of the molecule is CCCc1c(C(=O)NCCC(=O)O)[nH]c(C)c1C(C)=O. The van der Waals surface area contributed by atoms with Crippen LogP contribution < -0.4 is 5.32 Å². The van der Waals surface area contributed by atoms with E-state index in [1.54, 1.807) is 6.92 Å². The quantitative estimate of drug-likeness (QED) is 0.662. The molecule has 1 aromatic rings. The Kier molecular flexibility index (Phi) is 5.49.